The molecule has 2 aromatic carbocycles. The summed E-state index contributed by atoms with van der Waals surface area (Å²) in [6, 6.07) is 13.6. The molecular formula is C17H15BrN2OS2. The quantitative estimate of drug-likeness (QED) is 0.528. The molecule has 6 heteroatoms. The molecule has 2 aromatic rings. The number of nitrogens with one attached hydrogen (secondary N) is 1. The van der Waals surface area contributed by atoms with E-state index >= 15 is 0 Å². The molecule has 0 atom stereocenters. The molecule has 0 unspecified atom stereocenters. The Hall–Kier alpha value is -1.42. The van der Waals surface area contributed by atoms with Gasteiger partial charge in [-0.3, -0.25) is 4.79 Å². The number of nitriles is 1. The molecule has 0 saturated carbocycles. The predicted octanol–water partition coefficient (Wildman–Crippen LogP) is 5.20. The summed E-state index contributed by atoms with van der Waals surface area (Å²) in [4.78, 5) is 12.9. The van der Waals surface area contributed by atoms with E-state index in [0.29, 0.717) is 11.4 Å². The second-order valence-electron chi connectivity index (χ2n) is 4.80. The van der Waals surface area contributed by atoms with Crippen molar-refractivity contribution in [3.63, 3.8) is 0 Å². The first-order chi connectivity index (χ1) is 11.1. The number of anilines is 1. The first-order valence-corrected chi connectivity index (χ1v) is 9.64. The molecule has 0 aliphatic carbocycles. The smallest absolute Gasteiger partial charge is 0.234 e. The van der Waals surface area contributed by atoms with Gasteiger partial charge in [0.05, 0.1) is 11.4 Å². The predicted molar refractivity (Wildman–Crippen MR) is 102 cm³/mol. The second-order valence-corrected chi connectivity index (χ2v) is 7.50. The highest BCUT2D eigenvalue weighted by atomic mass is 79.9. The number of carbonyl (C=O) groups excluding carboxylic acids is 1. The van der Waals surface area contributed by atoms with Crippen molar-refractivity contribution in [3.05, 3.63) is 58.1 Å². The number of rotatable bonds is 6. The monoisotopic (exact) mass is 406 g/mol. The van der Waals surface area contributed by atoms with E-state index in [-0.39, 0.29) is 5.91 Å². The number of carbonyl (C=O) groups is 1. The van der Waals surface area contributed by atoms with Gasteiger partial charge < -0.3 is 5.32 Å². The molecule has 0 saturated heterocycles. The number of thioether (sulfide) groups is 2. The van der Waals surface area contributed by atoms with Gasteiger partial charge in [-0.15, -0.1) is 11.8 Å². The Labute approximate surface area is 153 Å². The van der Waals surface area contributed by atoms with Crippen LogP contribution in [0.5, 0.6) is 0 Å². The third-order valence-corrected chi connectivity index (χ3v) is 5.35. The molecule has 118 valence electrons. The maximum Gasteiger partial charge on any atom is 0.234 e. The molecule has 23 heavy (non-hydrogen) atoms. The summed E-state index contributed by atoms with van der Waals surface area (Å²) in [5, 5.41) is 13.6. The molecule has 0 heterocycles. The van der Waals surface area contributed by atoms with Crippen molar-refractivity contribution in [3.8, 4) is 5.40 Å². The van der Waals surface area contributed by atoms with Crippen LogP contribution in [0.15, 0.2) is 51.8 Å². The zero-order valence-electron chi connectivity index (χ0n) is 12.5. The second kappa shape index (κ2) is 9.02. The van der Waals surface area contributed by atoms with E-state index in [1.165, 1.54) is 11.1 Å². The Morgan fingerprint density at radius 2 is 2.09 bits per heavy atom. The van der Waals surface area contributed by atoms with Crippen LogP contribution in [0, 0.1) is 17.6 Å². The average molecular weight is 407 g/mol. The third kappa shape index (κ3) is 5.61. The number of halogens is 1. The molecule has 2 rings (SSSR count). The lowest BCUT2D eigenvalue weighted by Crippen LogP contribution is -2.14. The average Bonchev–Trinajstić information content (AvgIpc) is 2.52. The minimum Gasteiger partial charge on any atom is -0.324 e. The molecular weight excluding hydrogens is 392 g/mol. The summed E-state index contributed by atoms with van der Waals surface area (Å²) in [6.07, 6.45) is 0. The highest BCUT2D eigenvalue weighted by Crippen LogP contribution is 2.28. The summed E-state index contributed by atoms with van der Waals surface area (Å²) in [5.74, 6) is 1.18. The summed E-state index contributed by atoms with van der Waals surface area (Å²) < 4.78 is 0.773. The maximum absolute atomic E-state index is 12.0. The molecule has 0 spiro atoms. The summed E-state index contributed by atoms with van der Waals surface area (Å²) in [5.41, 5.74) is 3.21. The molecule has 0 aliphatic heterocycles. The van der Waals surface area contributed by atoms with Gasteiger partial charge in [0.15, 0.2) is 0 Å². The molecule has 0 fully saturated rings. The lowest BCUT2D eigenvalue weighted by molar-refractivity contribution is -0.113. The van der Waals surface area contributed by atoms with Gasteiger partial charge in [0.1, 0.15) is 5.40 Å². The highest BCUT2D eigenvalue weighted by Gasteiger charge is 2.07. The van der Waals surface area contributed by atoms with Crippen molar-refractivity contribution in [2.24, 2.45) is 0 Å². The van der Waals surface area contributed by atoms with Crippen LogP contribution in [0.25, 0.3) is 0 Å². The Morgan fingerprint density at radius 1 is 1.30 bits per heavy atom. The first kappa shape index (κ1) is 17.9. The Bertz CT molecular complexity index is 744. The van der Waals surface area contributed by atoms with Crippen LogP contribution in [0.1, 0.15) is 11.1 Å². The fraction of sp³-hybridized carbons (Fsp3) is 0.176. The van der Waals surface area contributed by atoms with Gasteiger partial charge in [-0.1, -0.05) is 24.3 Å². The van der Waals surface area contributed by atoms with E-state index in [1.807, 2.05) is 29.7 Å². The van der Waals surface area contributed by atoms with Crippen molar-refractivity contribution >= 4 is 51.0 Å². The highest BCUT2D eigenvalue weighted by molar-refractivity contribution is 9.10. The van der Waals surface area contributed by atoms with E-state index in [4.69, 9.17) is 5.26 Å². The van der Waals surface area contributed by atoms with Crippen LogP contribution in [0.2, 0.25) is 0 Å². The fourth-order valence-corrected chi connectivity index (χ4v) is 3.88. The van der Waals surface area contributed by atoms with Gasteiger partial charge in [0, 0.05) is 15.1 Å². The normalized spacial score (nSPS) is 10.1. The van der Waals surface area contributed by atoms with Crippen LogP contribution in [-0.2, 0) is 10.5 Å². The SMILES string of the molecule is Cc1ccccc1CSCC(=O)Nc1ccc(SC#N)cc1Br. The summed E-state index contributed by atoms with van der Waals surface area (Å²) in [7, 11) is 0. The number of hydrogen-bond acceptors (Lipinski definition) is 4. The van der Waals surface area contributed by atoms with E-state index in [9.17, 15) is 4.79 Å². The van der Waals surface area contributed by atoms with Gasteiger partial charge in [-0.2, -0.15) is 5.26 Å². The minimum absolute atomic E-state index is 0.0371. The summed E-state index contributed by atoms with van der Waals surface area (Å²) in [6.45, 7) is 2.08. The van der Waals surface area contributed by atoms with Crippen LogP contribution in [0.3, 0.4) is 0 Å². The number of benzene rings is 2. The lowest BCUT2D eigenvalue weighted by Gasteiger charge is -2.09. The molecule has 3 nitrogen and oxygen atoms in total. The molecule has 0 aromatic heterocycles. The van der Waals surface area contributed by atoms with E-state index < -0.39 is 0 Å². The van der Waals surface area contributed by atoms with Crippen LogP contribution in [-0.4, -0.2) is 11.7 Å². The van der Waals surface area contributed by atoms with Crippen molar-refractivity contribution in [2.45, 2.75) is 17.6 Å². The van der Waals surface area contributed by atoms with Crippen molar-refractivity contribution < 1.29 is 4.79 Å². The number of amides is 1. The first-order valence-electron chi connectivity index (χ1n) is 6.87. The number of nitrogens with zero attached hydrogens (tertiary/aromatic N) is 1. The molecule has 1 N–H and O–H groups in total. The van der Waals surface area contributed by atoms with E-state index in [0.717, 1.165) is 26.9 Å². The fourth-order valence-electron chi connectivity index (χ4n) is 1.93. The Balaban J connectivity index is 1.85. The molecule has 0 bridgehead atoms. The van der Waals surface area contributed by atoms with Crippen LogP contribution in [0.4, 0.5) is 5.69 Å². The standard InChI is InChI=1S/C17H15BrN2OS2/c1-12-4-2-3-5-13(12)9-22-10-17(21)20-16-7-6-14(23-11-19)8-15(16)18/h2-8H,9-10H2,1H3,(H,20,21). The Kier molecular flexibility index (Phi) is 7.03. The van der Waals surface area contributed by atoms with Crippen LogP contribution >= 0.6 is 39.5 Å². The van der Waals surface area contributed by atoms with Crippen molar-refractivity contribution in [1.29, 1.82) is 5.26 Å². The van der Waals surface area contributed by atoms with Gasteiger partial charge in [-0.25, -0.2) is 0 Å². The number of aryl methyl sites for hydroxylation is 1. The minimum atomic E-state index is -0.0371. The van der Waals surface area contributed by atoms with Crippen LogP contribution < -0.4 is 5.32 Å². The van der Waals surface area contributed by atoms with Crippen molar-refractivity contribution in [2.75, 3.05) is 11.1 Å². The zero-order chi connectivity index (χ0) is 16.7. The van der Waals surface area contributed by atoms with Gasteiger partial charge in [-0.05, 0) is 63.9 Å². The third-order valence-electron chi connectivity index (χ3n) is 3.13. The zero-order valence-corrected chi connectivity index (χ0v) is 15.7. The Morgan fingerprint density at radius 3 is 2.78 bits per heavy atom. The maximum atomic E-state index is 12.0. The molecule has 0 radical (unpaired) electrons. The van der Waals surface area contributed by atoms with Gasteiger partial charge in [0.25, 0.3) is 0 Å². The number of hydrogen-bond donors (Lipinski definition) is 1. The number of thiocyanates is 1. The lowest BCUT2D eigenvalue weighted by atomic mass is 10.1. The van der Waals surface area contributed by atoms with E-state index in [1.54, 1.807) is 17.8 Å². The van der Waals surface area contributed by atoms with Gasteiger partial charge >= 0.3 is 0 Å². The van der Waals surface area contributed by atoms with Gasteiger partial charge in [0.2, 0.25) is 5.91 Å². The molecule has 0 aliphatic rings. The van der Waals surface area contributed by atoms with Crippen molar-refractivity contribution in [1.82, 2.24) is 0 Å². The largest absolute Gasteiger partial charge is 0.324 e. The van der Waals surface area contributed by atoms with E-state index in [2.05, 4.69) is 40.3 Å². The molecule has 1 amide bonds. The topological polar surface area (TPSA) is 52.9 Å². The summed E-state index contributed by atoms with van der Waals surface area (Å²) >= 11 is 6.09.